The van der Waals surface area contributed by atoms with Crippen molar-refractivity contribution in [3.8, 4) is 0 Å². The molecule has 3 aromatic rings. The highest BCUT2D eigenvalue weighted by Gasteiger charge is 2.44. The van der Waals surface area contributed by atoms with Crippen LogP contribution in [0.25, 0.3) is 0 Å². The van der Waals surface area contributed by atoms with Gasteiger partial charge in [0.15, 0.2) is 0 Å². The molecule has 1 unspecified atom stereocenters. The van der Waals surface area contributed by atoms with Crippen LogP contribution >= 0.6 is 0 Å². The Morgan fingerprint density at radius 2 is 1.43 bits per heavy atom. The number of hydrogen-bond donors (Lipinski definition) is 1. The zero-order chi connectivity index (χ0) is 19.4. The molecule has 1 atom stereocenters. The highest BCUT2D eigenvalue weighted by Crippen LogP contribution is 2.14. The van der Waals surface area contributed by atoms with Crippen molar-refractivity contribution >= 4 is 29.8 Å². The molecule has 3 aromatic carbocycles. The number of rotatable bonds is 5. The lowest BCUT2D eigenvalue weighted by Gasteiger charge is -2.39. The minimum absolute atomic E-state index is 0.136. The van der Waals surface area contributed by atoms with Gasteiger partial charge in [-0.1, -0.05) is 84.9 Å². The Hall–Kier alpha value is -2.69. The van der Waals surface area contributed by atoms with Gasteiger partial charge in [0.1, 0.15) is 6.04 Å². The van der Waals surface area contributed by atoms with Gasteiger partial charge in [-0.05, 0) is 40.9 Å². The first-order chi connectivity index (χ1) is 13.7. The topological polar surface area (TPSA) is 38.3 Å². The summed E-state index contributed by atoms with van der Waals surface area (Å²) in [5, 5.41) is 3.77. The van der Waals surface area contributed by atoms with E-state index in [9.17, 15) is 4.79 Å². The molecule has 142 valence electrons. The predicted octanol–water partition coefficient (Wildman–Crippen LogP) is 2.26. The van der Waals surface area contributed by atoms with Crippen molar-refractivity contribution in [2.75, 3.05) is 6.61 Å². The van der Waals surface area contributed by atoms with Crippen LogP contribution in [0.1, 0.15) is 18.4 Å². The Bertz CT molecular complexity index is 904. The number of esters is 1. The van der Waals surface area contributed by atoms with Crippen LogP contribution in [0.3, 0.4) is 0 Å². The smallest absolute Gasteiger partial charge is 0.322 e. The van der Waals surface area contributed by atoms with E-state index in [2.05, 4.69) is 84.7 Å². The average Bonchev–Trinajstić information content (AvgIpc) is 2.75. The molecule has 0 aromatic heterocycles. The third-order valence-electron chi connectivity index (χ3n) is 5.52. The second kappa shape index (κ2) is 8.13. The number of nitrogens with one attached hydrogen (secondary N) is 1. The summed E-state index contributed by atoms with van der Waals surface area (Å²) in [6.07, 6.45) is 1.70. The molecule has 4 heteroatoms. The van der Waals surface area contributed by atoms with E-state index in [4.69, 9.17) is 4.74 Å². The van der Waals surface area contributed by atoms with Crippen molar-refractivity contribution in [1.82, 2.24) is 4.98 Å². The maximum absolute atomic E-state index is 12.6. The van der Waals surface area contributed by atoms with Gasteiger partial charge in [0.25, 0.3) is 0 Å². The van der Waals surface area contributed by atoms with Crippen LogP contribution in [0.5, 0.6) is 0 Å². The standard InChI is InChI=1S/C24H25NO2Si/c1-19-11-8-9-17-23(19)28(20-12-4-2-5-13-20,21-14-6-3-7-15-21)25-22-16-10-18-27-24(22)26/h2-9,11-15,17,22,25H,10,16,18H2,1H3. The molecule has 0 amide bonds. The third kappa shape index (κ3) is 3.41. The maximum atomic E-state index is 12.6. The van der Waals surface area contributed by atoms with E-state index in [-0.39, 0.29) is 12.0 Å². The van der Waals surface area contributed by atoms with Gasteiger partial charge in [-0.15, -0.1) is 0 Å². The van der Waals surface area contributed by atoms with Gasteiger partial charge >= 0.3 is 5.97 Å². The van der Waals surface area contributed by atoms with Crippen LogP contribution < -0.4 is 20.5 Å². The van der Waals surface area contributed by atoms with Gasteiger partial charge in [-0.25, -0.2) is 0 Å². The normalized spacial score (nSPS) is 17.2. The van der Waals surface area contributed by atoms with Crippen molar-refractivity contribution in [1.29, 1.82) is 0 Å². The first-order valence-corrected chi connectivity index (χ1v) is 11.8. The molecule has 1 aliphatic rings. The Morgan fingerprint density at radius 1 is 0.857 bits per heavy atom. The largest absolute Gasteiger partial charge is 0.465 e. The first kappa shape index (κ1) is 18.7. The van der Waals surface area contributed by atoms with Crippen molar-refractivity contribution < 1.29 is 9.53 Å². The fraction of sp³-hybridized carbons (Fsp3) is 0.208. The molecule has 1 N–H and O–H groups in total. The molecule has 0 spiro atoms. The van der Waals surface area contributed by atoms with Gasteiger partial charge in [0.2, 0.25) is 8.24 Å². The number of aryl methyl sites for hydroxylation is 1. The van der Waals surface area contributed by atoms with E-state index in [0.717, 1.165) is 12.8 Å². The zero-order valence-electron chi connectivity index (χ0n) is 16.1. The molecule has 1 saturated heterocycles. The predicted molar refractivity (Wildman–Crippen MR) is 116 cm³/mol. The Balaban J connectivity index is 1.97. The molecule has 1 fully saturated rings. The number of carbonyl (C=O) groups is 1. The lowest BCUT2D eigenvalue weighted by atomic mass is 10.1. The van der Waals surface area contributed by atoms with Gasteiger partial charge in [0.05, 0.1) is 6.61 Å². The van der Waals surface area contributed by atoms with Crippen LogP contribution in [-0.2, 0) is 9.53 Å². The van der Waals surface area contributed by atoms with Crippen LogP contribution in [0.2, 0.25) is 0 Å². The van der Waals surface area contributed by atoms with E-state index >= 15 is 0 Å². The highest BCUT2D eigenvalue weighted by molar-refractivity contribution is 7.10. The zero-order valence-corrected chi connectivity index (χ0v) is 17.1. The molecule has 0 saturated carbocycles. The van der Waals surface area contributed by atoms with E-state index in [1.54, 1.807) is 0 Å². The summed E-state index contributed by atoms with van der Waals surface area (Å²) in [6, 6.07) is 29.4. The highest BCUT2D eigenvalue weighted by atomic mass is 28.3. The minimum atomic E-state index is -2.65. The van der Waals surface area contributed by atoms with E-state index in [1.807, 2.05) is 12.1 Å². The van der Waals surface area contributed by atoms with Gasteiger partial charge in [-0.2, -0.15) is 0 Å². The second-order valence-electron chi connectivity index (χ2n) is 7.30. The number of hydrogen-bond acceptors (Lipinski definition) is 3. The summed E-state index contributed by atoms with van der Waals surface area (Å²) in [5.74, 6) is -0.136. The Kier molecular flexibility index (Phi) is 5.42. The fourth-order valence-corrected chi connectivity index (χ4v) is 8.80. The summed E-state index contributed by atoms with van der Waals surface area (Å²) in [4.78, 5) is 16.5. The van der Waals surface area contributed by atoms with Gasteiger partial charge < -0.3 is 9.72 Å². The maximum Gasteiger partial charge on any atom is 0.322 e. The van der Waals surface area contributed by atoms with E-state index in [0.29, 0.717) is 6.61 Å². The minimum Gasteiger partial charge on any atom is -0.465 e. The van der Waals surface area contributed by atoms with Crippen LogP contribution in [0.4, 0.5) is 0 Å². The fourth-order valence-electron chi connectivity index (χ4n) is 4.16. The SMILES string of the molecule is Cc1ccccc1[Si](NC1CCCOC1=O)(c1ccccc1)c1ccccc1. The lowest BCUT2D eigenvalue weighted by Crippen LogP contribution is -2.79. The van der Waals surface area contributed by atoms with Gasteiger partial charge in [0, 0.05) is 0 Å². The summed E-state index contributed by atoms with van der Waals surface area (Å²) in [6.45, 7) is 2.68. The van der Waals surface area contributed by atoms with Crippen molar-refractivity contribution in [3.05, 3.63) is 90.5 Å². The molecule has 1 heterocycles. The Morgan fingerprint density at radius 3 is 2.00 bits per heavy atom. The Labute approximate surface area is 167 Å². The molecule has 3 nitrogen and oxygen atoms in total. The number of ether oxygens (including phenoxy) is 1. The molecule has 0 bridgehead atoms. The van der Waals surface area contributed by atoms with Crippen LogP contribution in [0, 0.1) is 6.92 Å². The monoisotopic (exact) mass is 387 g/mol. The molecule has 28 heavy (non-hydrogen) atoms. The van der Waals surface area contributed by atoms with Crippen LogP contribution in [0.15, 0.2) is 84.9 Å². The summed E-state index contributed by atoms with van der Waals surface area (Å²) < 4.78 is 5.40. The van der Waals surface area contributed by atoms with E-state index in [1.165, 1.54) is 21.1 Å². The molecule has 0 aliphatic carbocycles. The molecule has 0 radical (unpaired) electrons. The quantitative estimate of drug-likeness (QED) is 0.415. The number of cyclic esters (lactones) is 1. The van der Waals surface area contributed by atoms with Crippen LogP contribution in [-0.4, -0.2) is 26.9 Å². The second-order valence-corrected chi connectivity index (χ2v) is 10.8. The molecular weight excluding hydrogens is 362 g/mol. The van der Waals surface area contributed by atoms with Crippen molar-refractivity contribution in [2.45, 2.75) is 25.8 Å². The van der Waals surface area contributed by atoms with E-state index < -0.39 is 8.24 Å². The molecule has 4 rings (SSSR count). The summed E-state index contributed by atoms with van der Waals surface area (Å²) >= 11 is 0. The van der Waals surface area contributed by atoms with Gasteiger partial charge in [-0.3, -0.25) is 4.79 Å². The summed E-state index contributed by atoms with van der Waals surface area (Å²) in [5.41, 5.74) is 1.23. The van der Waals surface area contributed by atoms with Crippen molar-refractivity contribution in [3.63, 3.8) is 0 Å². The molecule has 1 aliphatic heterocycles. The lowest BCUT2D eigenvalue weighted by molar-refractivity contribution is -0.149. The molecular formula is C24H25NO2Si. The number of benzene rings is 3. The first-order valence-electron chi connectivity index (χ1n) is 9.83. The van der Waals surface area contributed by atoms with Crippen molar-refractivity contribution in [2.24, 2.45) is 0 Å². The summed E-state index contributed by atoms with van der Waals surface area (Å²) in [7, 11) is -2.65. The number of carbonyl (C=O) groups excluding carboxylic acids is 1. The average molecular weight is 388 g/mol. The third-order valence-corrected chi connectivity index (χ3v) is 10.1.